The van der Waals surface area contributed by atoms with E-state index in [1.165, 1.54) is 25.3 Å². The van der Waals surface area contributed by atoms with Gasteiger partial charge in [0.1, 0.15) is 11.9 Å². The smallest absolute Gasteiger partial charge is 0.405 e. The van der Waals surface area contributed by atoms with Crippen LogP contribution in [0, 0.1) is 0 Å². The molecule has 0 radical (unpaired) electrons. The number of methoxy groups -OCH3 is 1. The molecule has 1 rings (SSSR count). The van der Waals surface area contributed by atoms with Gasteiger partial charge in [0.25, 0.3) is 0 Å². The quantitative estimate of drug-likeness (QED) is 0.888. The summed E-state index contributed by atoms with van der Waals surface area (Å²) in [6.45, 7) is 1.77. The largest absolute Gasteiger partial charge is 0.573 e. The van der Waals surface area contributed by atoms with Crippen molar-refractivity contribution in [2.75, 3.05) is 7.11 Å². The fourth-order valence-electron chi connectivity index (χ4n) is 1.66. The summed E-state index contributed by atoms with van der Waals surface area (Å²) in [5.74, 6) is -0.409. The molecule has 2 atom stereocenters. The van der Waals surface area contributed by atoms with Crippen molar-refractivity contribution in [3.8, 4) is 5.75 Å². The van der Waals surface area contributed by atoms with E-state index in [1.54, 1.807) is 6.92 Å². The molecule has 102 valence electrons. The molecule has 0 spiro atoms. The van der Waals surface area contributed by atoms with E-state index in [1.807, 2.05) is 0 Å². The van der Waals surface area contributed by atoms with Gasteiger partial charge in [-0.25, -0.2) is 0 Å². The average Bonchev–Trinajstić information content (AvgIpc) is 2.29. The number of hydrogen-bond acceptors (Lipinski definition) is 3. The Hall–Kier alpha value is -1.27. The van der Waals surface area contributed by atoms with Crippen LogP contribution in [0.15, 0.2) is 24.3 Å². The van der Waals surface area contributed by atoms with Crippen molar-refractivity contribution in [2.24, 2.45) is 0 Å². The Kier molecular flexibility index (Phi) is 4.98. The second kappa shape index (κ2) is 6.06. The summed E-state index contributed by atoms with van der Waals surface area (Å²) < 4.78 is 45.5. The van der Waals surface area contributed by atoms with Crippen LogP contribution in [0.5, 0.6) is 5.75 Å². The van der Waals surface area contributed by atoms with Crippen LogP contribution in [0.1, 0.15) is 25.0 Å². The first-order valence-electron chi connectivity index (χ1n) is 5.44. The zero-order valence-corrected chi connectivity index (χ0v) is 10.1. The summed E-state index contributed by atoms with van der Waals surface area (Å²) in [4.78, 5) is 0. The van der Waals surface area contributed by atoms with Gasteiger partial charge in [0.05, 0.1) is 6.10 Å². The molecule has 1 aromatic carbocycles. The third-order valence-corrected chi connectivity index (χ3v) is 2.52. The van der Waals surface area contributed by atoms with Crippen LogP contribution in [0.2, 0.25) is 0 Å². The van der Waals surface area contributed by atoms with Crippen LogP contribution in [0.4, 0.5) is 13.2 Å². The van der Waals surface area contributed by atoms with Gasteiger partial charge < -0.3 is 14.6 Å². The number of para-hydroxylation sites is 1. The molecular formula is C12H15F3O3. The zero-order valence-electron chi connectivity index (χ0n) is 10.1. The topological polar surface area (TPSA) is 38.7 Å². The lowest BCUT2D eigenvalue weighted by Gasteiger charge is -2.22. The molecule has 0 fully saturated rings. The van der Waals surface area contributed by atoms with Crippen LogP contribution < -0.4 is 4.74 Å². The van der Waals surface area contributed by atoms with Gasteiger partial charge in [0.15, 0.2) is 0 Å². The molecule has 3 nitrogen and oxygen atoms in total. The molecule has 0 saturated heterocycles. The summed E-state index contributed by atoms with van der Waals surface area (Å²) in [6.07, 6.45) is -6.07. The molecule has 2 unspecified atom stereocenters. The first-order chi connectivity index (χ1) is 8.39. The lowest BCUT2D eigenvalue weighted by Crippen LogP contribution is -2.23. The van der Waals surface area contributed by atoms with Crippen LogP contribution in [-0.4, -0.2) is 24.7 Å². The van der Waals surface area contributed by atoms with Gasteiger partial charge in [0, 0.05) is 12.7 Å². The average molecular weight is 264 g/mol. The number of ether oxygens (including phenoxy) is 2. The normalized spacial score (nSPS) is 15.2. The Labute approximate surface area is 103 Å². The molecule has 0 aliphatic rings. The van der Waals surface area contributed by atoms with Crippen LogP contribution in [0.3, 0.4) is 0 Å². The summed E-state index contributed by atoms with van der Waals surface area (Å²) >= 11 is 0. The van der Waals surface area contributed by atoms with E-state index >= 15 is 0 Å². The third-order valence-electron chi connectivity index (χ3n) is 2.52. The SMILES string of the molecule is CCC(OC)C(O)c1ccccc1OC(F)(F)F. The molecule has 1 aromatic rings. The molecule has 0 saturated carbocycles. The molecule has 0 aromatic heterocycles. The predicted molar refractivity (Wildman–Crippen MR) is 59.2 cm³/mol. The first-order valence-corrected chi connectivity index (χ1v) is 5.44. The highest BCUT2D eigenvalue weighted by molar-refractivity contribution is 5.35. The summed E-state index contributed by atoms with van der Waals surface area (Å²) in [5, 5.41) is 9.99. The highest BCUT2D eigenvalue weighted by atomic mass is 19.4. The number of halogens is 3. The van der Waals surface area contributed by atoms with Crippen molar-refractivity contribution in [3.63, 3.8) is 0 Å². The number of alkyl halides is 3. The maximum absolute atomic E-state index is 12.2. The minimum Gasteiger partial charge on any atom is -0.405 e. The van der Waals surface area contributed by atoms with E-state index in [9.17, 15) is 18.3 Å². The summed E-state index contributed by atoms with van der Waals surface area (Å²) in [5.41, 5.74) is 0.0588. The van der Waals surface area contributed by atoms with Crippen molar-refractivity contribution in [1.82, 2.24) is 0 Å². The van der Waals surface area contributed by atoms with E-state index in [0.717, 1.165) is 6.07 Å². The fraction of sp³-hybridized carbons (Fsp3) is 0.500. The Morgan fingerprint density at radius 3 is 2.39 bits per heavy atom. The van der Waals surface area contributed by atoms with E-state index in [4.69, 9.17) is 4.74 Å². The first kappa shape index (κ1) is 14.8. The van der Waals surface area contributed by atoms with E-state index < -0.39 is 24.3 Å². The van der Waals surface area contributed by atoms with E-state index in [2.05, 4.69) is 4.74 Å². The van der Waals surface area contributed by atoms with Gasteiger partial charge in [-0.1, -0.05) is 25.1 Å². The van der Waals surface area contributed by atoms with E-state index in [0.29, 0.717) is 6.42 Å². The lowest BCUT2D eigenvalue weighted by molar-refractivity contribution is -0.275. The highest BCUT2D eigenvalue weighted by Gasteiger charge is 2.33. The number of hydrogen-bond donors (Lipinski definition) is 1. The second-order valence-corrected chi connectivity index (χ2v) is 3.71. The zero-order chi connectivity index (χ0) is 13.8. The molecule has 0 bridgehead atoms. The molecule has 18 heavy (non-hydrogen) atoms. The van der Waals surface area contributed by atoms with Gasteiger partial charge in [-0.15, -0.1) is 13.2 Å². The molecule has 0 aliphatic heterocycles. The third kappa shape index (κ3) is 3.89. The van der Waals surface area contributed by atoms with Crippen molar-refractivity contribution < 1.29 is 27.8 Å². The van der Waals surface area contributed by atoms with Gasteiger partial charge >= 0.3 is 6.36 Å². The molecule has 1 N–H and O–H groups in total. The Morgan fingerprint density at radius 1 is 1.28 bits per heavy atom. The molecule has 0 amide bonds. The van der Waals surface area contributed by atoms with Crippen molar-refractivity contribution in [1.29, 1.82) is 0 Å². The van der Waals surface area contributed by atoms with Gasteiger partial charge in [0.2, 0.25) is 0 Å². The molecule has 0 heterocycles. The molecule has 0 aliphatic carbocycles. The number of rotatable bonds is 5. The monoisotopic (exact) mass is 264 g/mol. The van der Waals surface area contributed by atoms with E-state index in [-0.39, 0.29) is 5.56 Å². The number of benzene rings is 1. The van der Waals surface area contributed by atoms with Crippen molar-refractivity contribution in [2.45, 2.75) is 31.9 Å². The minimum absolute atomic E-state index is 0.0588. The van der Waals surface area contributed by atoms with Gasteiger partial charge in [-0.3, -0.25) is 0 Å². The Balaban J connectivity index is 3.01. The maximum Gasteiger partial charge on any atom is 0.573 e. The van der Waals surface area contributed by atoms with Gasteiger partial charge in [-0.2, -0.15) is 0 Å². The van der Waals surface area contributed by atoms with Crippen LogP contribution in [0.25, 0.3) is 0 Å². The summed E-state index contributed by atoms with van der Waals surface area (Å²) in [6, 6.07) is 5.48. The highest BCUT2D eigenvalue weighted by Crippen LogP contribution is 2.32. The standard InChI is InChI=1S/C12H15F3O3/c1-3-9(17-2)11(16)8-6-4-5-7-10(8)18-12(13,14)15/h4-7,9,11,16H,3H2,1-2H3. The fourth-order valence-corrected chi connectivity index (χ4v) is 1.66. The predicted octanol–water partition coefficient (Wildman–Crippen LogP) is 3.04. The maximum atomic E-state index is 12.2. The lowest BCUT2D eigenvalue weighted by atomic mass is 10.0. The number of aliphatic hydroxyl groups excluding tert-OH is 1. The Bertz CT molecular complexity index is 375. The summed E-state index contributed by atoms with van der Waals surface area (Å²) in [7, 11) is 1.39. The van der Waals surface area contributed by atoms with Gasteiger partial charge in [-0.05, 0) is 12.5 Å². The van der Waals surface area contributed by atoms with Crippen LogP contribution >= 0.6 is 0 Å². The second-order valence-electron chi connectivity index (χ2n) is 3.71. The Morgan fingerprint density at radius 2 is 1.89 bits per heavy atom. The number of aliphatic hydroxyl groups is 1. The van der Waals surface area contributed by atoms with Crippen molar-refractivity contribution >= 4 is 0 Å². The molecular weight excluding hydrogens is 249 g/mol. The molecule has 6 heteroatoms. The minimum atomic E-state index is -4.79. The van der Waals surface area contributed by atoms with Crippen LogP contribution in [-0.2, 0) is 4.74 Å². The van der Waals surface area contributed by atoms with Crippen molar-refractivity contribution in [3.05, 3.63) is 29.8 Å².